The third-order valence-corrected chi connectivity index (χ3v) is 6.28. The number of fused-ring (bicyclic) bond motifs is 2. The second-order valence-corrected chi connectivity index (χ2v) is 8.51. The molecule has 2 N–H and O–H groups in total. The van der Waals surface area contributed by atoms with Crippen LogP contribution in [0.5, 0.6) is 23.3 Å². The summed E-state index contributed by atoms with van der Waals surface area (Å²) in [7, 11) is 0. The molecule has 0 bridgehead atoms. The van der Waals surface area contributed by atoms with E-state index in [0.717, 1.165) is 0 Å². The number of nitrogens with two attached hydrogens (primary N) is 1. The monoisotopic (exact) mass is 534 g/mol. The van der Waals surface area contributed by atoms with Gasteiger partial charge in [0.25, 0.3) is 0 Å². The third-order valence-electron chi connectivity index (χ3n) is 5.53. The van der Waals surface area contributed by atoms with Crippen LogP contribution >= 0.6 is 15.9 Å². The lowest BCUT2D eigenvalue weighted by molar-refractivity contribution is 0.174. The Morgan fingerprint density at radius 3 is 2.80 bits per heavy atom. The number of nitrogens with zero attached hydrogens (tertiary/aromatic N) is 5. The predicted molar refractivity (Wildman–Crippen MR) is 129 cm³/mol. The molecule has 11 heteroatoms. The van der Waals surface area contributed by atoms with Crippen LogP contribution in [-0.2, 0) is 0 Å². The summed E-state index contributed by atoms with van der Waals surface area (Å²) in [6, 6.07) is 9.98. The molecular formula is C24H16BrFN6O3. The molecule has 0 saturated heterocycles. The average molecular weight is 535 g/mol. The molecule has 0 unspecified atom stereocenters. The molecule has 5 aromatic rings. The lowest BCUT2D eigenvalue weighted by atomic mass is 10.1. The van der Waals surface area contributed by atoms with Gasteiger partial charge in [-0.1, -0.05) is 0 Å². The highest BCUT2D eigenvalue weighted by molar-refractivity contribution is 9.10. The molecule has 4 heterocycles. The van der Waals surface area contributed by atoms with Crippen molar-refractivity contribution in [2.24, 2.45) is 0 Å². The van der Waals surface area contributed by atoms with Crippen LogP contribution in [0, 0.1) is 12.7 Å². The molecule has 0 radical (unpaired) electrons. The second kappa shape index (κ2) is 8.20. The van der Waals surface area contributed by atoms with Gasteiger partial charge in [0.05, 0.1) is 27.6 Å². The van der Waals surface area contributed by atoms with E-state index in [9.17, 15) is 0 Å². The van der Waals surface area contributed by atoms with Crippen molar-refractivity contribution in [3.8, 4) is 40.2 Å². The van der Waals surface area contributed by atoms with Crippen LogP contribution in [0.4, 0.5) is 10.1 Å². The minimum Gasteiger partial charge on any atom is -0.453 e. The Hall–Kier alpha value is -4.25. The maximum absolute atomic E-state index is 15.2. The number of aryl methyl sites for hydroxylation is 1. The van der Waals surface area contributed by atoms with Gasteiger partial charge in [0, 0.05) is 29.2 Å². The largest absolute Gasteiger partial charge is 0.453 e. The van der Waals surface area contributed by atoms with Gasteiger partial charge in [0.2, 0.25) is 6.79 Å². The van der Waals surface area contributed by atoms with Crippen LogP contribution in [0.3, 0.4) is 0 Å². The van der Waals surface area contributed by atoms with Gasteiger partial charge in [-0.25, -0.2) is 24.3 Å². The van der Waals surface area contributed by atoms with Crippen molar-refractivity contribution in [1.29, 1.82) is 0 Å². The van der Waals surface area contributed by atoms with E-state index in [1.54, 1.807) is 37.5 Å². The molecule has 174 valence electrons. The van der Waals surface area contributed by atoms with Crippen LogP contribution in [0.2, 0.25) is 0 Å². The maximum Gasteiger partial charge on any atom is 0.322 e. The van der Waals surface area contributed by atoms with Crippen molar-refractivity contribution in [2.75, 3.05) is 12.5 Å². The number of hydrogen-bond acceptors (Lipinski definition) is 8. The lowest BCUT2D eigenvalue weighted by Gasteiger charge is -2.14. The van der Waals surface area contributed by atoms with Crippen LogP contribution in [-0.4, -0.2) is 31.3 Å². The van der Waals surface area contributed by atoms with Crippen LogP contribution < -0.4 is 19.9 Å². The normalized spacial score (nSPS) is 12.3. The summed E-state index contributed by atoms with van der Waals surface area (Å²) in [4.78, 5) is 16.8. The van der Waals surface area contributed by atoms with Gasteiger partial charge in [-0.2, -0.15) is 0 Å². The topological polar surface area (TPSA) is 110 Å². The molecule has 6 rings (SSSR count). The van der Waals surface area contributed by atoms with Gasteiger partial charge in [0.15, 0.2) is 23.1 Å². The van der Waals surface area contributed by atoms with E-state index in [4.69, 9.17) is 19.9 Å². The van der Waals surface area contributed by atoms with Crippen LogP contribution in [0.15, 0.2) is 59.6 Å². The van der Waals surface area contributed by atoms with Gasteiger partial charge in [0.1, 0.15) is 11.8 Å². The van der Waals surface area contributed by atoms with Gasteiger partial charge >= 0.3 is 6.01 Å². The molecule has 0 spiro atoms. The fourth-order valence-corrected chi connectivity index (χ4v) is 4.68. The first-order valence-electron chi connectivity index (χ1n) is 10.5. The van der Waals surface area contributed by atoms with E-state index in [2.05, 4.69) is 35.9 Å². The number of rotatable bonds is 4. The van der Waals surface area contributed by atoms with Gasteiger partial charge in [-0.05, 0) is 53.2 Å². The summed E-state index contributed by atoms with van der Waals surface area (Å²) in [6.45, 7) is 1.85. The quantitative estimate of drug-likeness (QED) is 0.313. The second-order valence-electron chi connectivity index (χ2n) is 7.72. The molecule has 0 amide bonds. The summed E-state index contributed by atoms with van der Waals surface area (Å²) < 4.78 is 34.6. The third kappa shape index (κ3) is 3.51. The number of hydrogen-bond donors (Lipinski definition) is 1. The molecule has 35 heavy (non-hydrogen) atoms. The lowest BCUT2D eigenvalue weighted by Crippen LogP contribution is -2.01. The highest BCUT2D eigenvalue weighted by atomic mass is 79.9. The fraction of sp³-hybridized carbons (Fsp3) is 0.0833. The number of aromatic nitrogens is 5. The molecule has 0 fully saturated rings. The Balaban J connectivity index is 1.53. The standard InChI is InChI=1S/C24H16BrFN6O3/c1-12-6-7-29-24(31-12)35-18-5-2-13(8-15(18)26)32-17-9-28-10-30-20(17)19(25)21(32)14-3-4-16(27)23-22(14)33-11-34-23/h2-10H,11,27H2,1H3. The molecule has 3 aromatic heterocycles. The van der Waals surface area contributed by atoms with Crippen LogP contribution in [0.25, 0.3) is 28.0 Å². The predicted octanol–water partition coefficient (Wildman–Crippen LogP) is 5.19. The van der Waals surface area contributed by atoms with E-state index in [1.165, 1.54) is 18.5 Å². The van der Waals surface area contributed by atoms with E-state index in [1.807, 2.05) is 10.6 Å². The van der Waals surface area contributed by atoms with E-state index in [-0.39, 0.29) is 18.6 Å². The number of halogens is 2. The van der Waals surface area contributed by atoms with Crippen molar-refractivity contribution in [3.63, 3.8) is 0 Å². The first-order chi connectivity index (χ1) is 17.0. The molecule has 1 aliphatic heterocycles. The summed E-state index contributed by atoms with van der Waals surface area (Å²) in [5.74, 6) is 0.374. The van der Waals surface area contributed by atoms with E-state index in [0.29, 0.717) is 55.3 Å². The minimum atomic E-state index is -0.588. The first-order valence-corrected chi connectivity index (χ1v) is 11.3. The Bertz CT molecular complexity index is 1620. The fourth-order valence-electron chi connectivity index (χ4n) is 3.98. The highest BCUT2D eigenvalue weighted by Gasteiger charge is 2.28. The number of anilines is 1. The molecular weight excluding hydrogens is 519 g/mol. The molecule has 0 atom stereocenters. The highest BCUT2D eigenvalue weighted by Crippen LogP contribution is 2.49. The Morgan fingerprint density at radius 2 is 1.97 bits per heavy atom. The minimum absolute atomic E-state index is 0.00205. The SMILES string of the molecule is Cc1ccnc(Oc2ccc(-n3c(-c4ccc(N)c5c4OCO5)c(Br)c4ncncc43)cc2F)n1. The first kappa shape index (κ1) is 21.3. The zero-order valence-electron chi connectivity index (χ0n) is 18.2. The summed E-state index contributed by atoms with van der Waals surface area (Å²) in [5, 5.41) is 0. The Kier molecular flexibility index (Phi) is 4.99. The van der Waals surface area contributed by atoms with Crippen molar-refractivity contribution in [3.05, 3.63) is 71.1 Å². The number of nitrogen functional groups attached to an aromatic ring is 1. The van der Waals surface area contributed by atoms with E-state index < -0.39 is 5.82 Å². The molecule has 1 aliphatic rings. The number of ether oxygens (including phenoxy) is 3. The summed E-state index contributed by atoms with van der Waals surface area (Å²) in [5.41, 5.74) is 10.4. The van der Waals surface area contributed by atoms with Crippen LogP contribution in [0.1, 0.15) is 5.69 Å². The summed E-state index contributed by atoms with van der Waals surface area (Å²) in [6.07, 6.45) is 4.67. The molecule has 9 nitrogen and oxygen atoms in total. The van der Waals surface area contributed by atoms with Gasteiger partial charge < -0.3 is 24.5 Å². The number of benzene rings is 2. The zero-order chi connectivity index (χ0) is 24.1. The molecule has 2 aromatic carbocycles. The van der Waals surface area contributed by atoms with E-state index >= 15 is 4.39 Å². The summed E-state index contributed by atoms with van der Waals surface area (Å²) >= 11 is 3.67. The van der Waals surface area contributed by atoms with Gasteiger partial charge in [-0.15, -0.1) is 0 Å². The maximum atomic E-state index is 15.2. The van der Waals surface area contributed by atoms with Crippen molar-refractivity contribution >= 4 is 32.7 Å². The average Bonchev–Trinajstić information content (AvgIpc) is 3.45. The van der Waals surface area contributed by atoms with Gasteiger partial charge in [-0.3, -0.25) is 0 Å². The molecule has 0 saturated carbocycles. The van der Waals surface area contributed by atoms with Crippen molar-refractivity contribution < 1.29 is 18.6 Å². The molecule has 0 aliphatic carbocycles. The smallest absolute Gasteiger partial charge is 0.322 e. The van der Waals surface area contributed by atoms with Crippen molar-refractivity contribution in [2.45, 2.75) is 6.92 Å². The zero-order valence-corrected chi connectivity index (χ0v) is 19.8. The Labute approximate surface area is 206 Å². The van der Waals surface area contributed by atoms with Crippen molar-refractivity contribution in [1.82, 2.24) is 24.5 Å². The Morgan fingerprint density at radius 1 is 1.11 bits per heavy atom.